The molecule has 0 bridgehead atoms. The molecule has 0 saturated carbocycles. The third-order valence-electron chi connectivity index (χ3n) is 5.07. The molecule has 3 aromatic carbocycles. The van der Waals surface area contributed by atoms with Gasteiger partial charge < -0.3 is 9.64 Å². The van der Waals surface area contributed by atoms with Crippen LogP contribution >= 0.6 is 0 Å². The molecular weight excluding hydrogens is 391 g/mol. The Balaban J connectivity index is 0.000000274. The highest BCUT2D eigenvalue weighted by Crippen LogP contribution is 2.33. The molecule has 0 fully saturated rings. The van der Waals surface area contributed by atoms with Gasteiger partial charge in [-0.1, -0.05) is 30.3 Å². The van der Waals surface area contributed by atoms with Gasteiger partial charge in [-0.15, -0.1) is 0 Å². The molecule has 5 nitrogen and oxygen atoms in total. The first-order valence-corrected chi connectivity index (χ1v) is 9.95. The molecule has 0 radical (unpaired) electrons. The van der Waals surface area contributed by atoms with Crippen LogP contribution in [-0.2, 0) is 0 Å². The van der Waals surface area contributed by atoms with Crippen molar-refractivity contribution in [1.29, 1.82) is 5.26 Å². The van der Waals surface area contributed by atoms with Crippen LogP contribution in [0.5, 0.6) is 11.5 Å². The van der Waals surface area contributed by atoms with E-state index in [9.17, 15) is 9.65 Å². The molecule has 0 amide bonds. The number of nitriles is 1. The first kappa shape index (κ1) is 20.3. The number of aliphatic imine (C=N–C) groups is 2. The SMILES string of the molecule is Cc1cccc(Oc2ccc3c(c2)C2=NCCN2C=N3)c1C#N.Cc1ccccc1F.[HH]. The van der Waals surface area contributed by atoms with Crippen molar-refractivity contribution in [2.45, 2.75) is 13.8 Å². The summed E-state index contributed by atoms with van der Waals surface area (Å²) in [6, 6.07) is 20.2. The number of amidine groups is 1. The van der Waals surface area contributed by atoms with E-state index in [4.69, 9.17) is 4.74 Å². The normalized spacial score (nSPS) is 13.4. The Morgan fingerprint density at radius 3 is 2.61 bits per heavy atom. The lowest BCUT2D eigenvalue weighted by Crippen LogP contribution is -2.29. The highest BCUT2D eigenvalue weighted by atomic mass is 19.1. The highest BCUT2D eigenvalue weighted by Gasteiger charge is 2.24. The standard InChI is InChI=1S/C18H14N4O.C7H7F.H2/c1-12-3-2-4-17(15(12)10-19)23-13-5-6-16-14(9-13)18-20-7-8-22(18)11-21-16;1-6-4-2-3-5-7(6)8;/h2-6,9,11H,7-8H2,1H3;2-5H,1H3;1H. The number of fused-ring (bicyclic) bond motifs is 3. The molecule has 3 aromatic rings. The predicted octanol–water partition coefficient (Wildman–Crippen LogP) is 5.77. The summed E-state index contributed by atoms with van der Waals surface area (Å²) < 4.78 is 18.3. The van der Waals surface area contributed by atoms with Crippen molar-refractivity contribution < 1.29 is 10.6 Å². The van der Waals surface area contributed by atoms with Crippen molar-refractivity contribution in [2.75, 3.05) is 13.1 Å². The van der Waals surface area contributed by atoms with E-state index in [1.165, 1.54) is 6.07 Å². The summed E-state index contributed by atoms with van der Waals surface area (Å²) in [7, 11) is 0. The summed E-state index contributed by atoms with van der Waals surface area (Å²) in [4.78, 5) is 11.0. The number of hydrogen-bond acceptors (Lipinski definition) is 5. The minimum atomic E-state index is -0.132. The van der Waals surface area contributed by atoms with Crippen LogP contribution in [0, 0.1) is 31.0 Å². The molecule has 0 N–H and O–H groups in total. The van der Waals surface area contributed by atoms with E-state index in [1.54, 1.807) is 19.1 Å². The van der Waals surface area contributed by atoms with Crippen molar-refractivity contribution in [3.63, 3.8) is 0 Å². The summed E-state index contributed by atoms with van der Waals surface area (Å²) in [6.45, 7) is 5.29. The molecule has 2 aliphatic rings. The summed E-state index contributed by atoms with van der Waals surface area (Å²) in [6.07, 6.45) is 1.82. The fraction of sp³-hybridized carbons (Fsp3) is 0.160. The fourth-order valence-corrected chi connectivity index (χ4v) is 3.36. The highest BCUT2D eigenvalue weighted by molar-refractivity contribution is 6.11. The average Bonchev–Trinajstić information content (AvgIpc) is 3.26. The van der Waals surface area contributed by atoms with Crippen LogP contribution in [0.1, 0.15) is 23.7 Å². The van der Waals surface area contributed by atoms with Crippen molar-refractivity contribution in [3.8, 4) is 17.6 Å². The number of benzene rings is 3. The van der Waals surface area contributed by atoms with E-state index in [1.807, 2.05) is 60.6 Å². The van der Waals surface area contributed by atoms with Gasteiger partial charge in [0.1, 0.15) is 29.2 Å². The average molecular weight is 414 g/mol. The number of rotatable bonds is 2. The van der Waals surface area contributed by atoms with Crippen molar-refractivity contribution in [3.05, 3.63) is 88.7 Å². The van der Waals surface area contributed by atoms with Gasteiger partial charge in [0.25, 0.3) is 0 Å². The largest absolute Gasteiger partial charge is 0.456 e. The zero-order chi connectivity index (χ0) is 21.8. The van der Waals surface area contributed by atoms with Crippen molar-refractivity contribution >= 4 is 17.9 Å². The van der Waals surface area contributed by atoms with E-state index < -0.39 is 0 Å². The molecule has 0 aliphatic carbocycles. The van der Waals surface area contributed by atoms with Gasteiger partial charge in [-0.25, -0.2) is 9.38 Å². The Labute approximate surface area is 182 Å². The molecule has 0 atom stereocenters. The van der Waals surface area contributed by atoms with Gasteiger partial charge >= 0.3 is 0 Å². The second-order valence-electron chi connectivity index (χ2n) is 7.23. The molecule has 0 unspecified atom stereocenters. The lowest BCUT2D eigenvalue weighted by molar-refractivity contribution is 0.480. The van der Waals surface area contributed by atoms with Gasteiger partial charge in [-0.05, 0) is 55.3 Å². The lowest BCUT2D eigenvalue weighted by atomic mass is 10.1. The summed E-state index contributed by atoms with van der Waals surface area (Å²) >= 11 is 0. The van der Waals surface area contributed by atoms with E-state index in [-0.39, 0.29) is 7.24 Å². The van der Waals surface area contributed by atoms with Crippen LogP contribution in [0.15, 0.2) is 70.6 Å². The third kappa shape index (κ3) is 4.31. The Bertz CT molecular complexity index is 1210. The van der Waals surface area contributed by atoms with Gasteiger partial charge in [-0.3, -0.25) is 4.99 Å². The maximum atomic E-state index is 12.3. The minimum Gasteiger partial charge on any atom is -0.456 e. The number of ether oxygens (including phenoxy) is 1. The van der Waals surface area contributed by atoms with Gasteiger partial charge in [0.15, 0.2) is 0 Å². The monoisotopic (exact) mass is 414 g/mol. The molecule has 6 heteroatoms. The van der Waals surface area contributed by atoms with E-state index in [0.29, 0.717) is 22.6 Å². The Morgan fingerprint density at radius 2 is 1.87 bits per heavy atom. The third-order valence-corrected chi connectivity index (χ3v) is 5.07. The van der Waals surface area contributed by atoms with Gasteiger partial charge in [0, 0.05) is 13.5 Å². The first-order valence-electron chi connectivity index (χ1n) is 9.95. The first-order chi connectivity index (χ1) is 15.1. The lowest BCUT2D eigenvalue weighted by Gasteiger charge is -2.21. The van der Waals surface area contributed by atoms with Gasteiger partial charge in [0.05, 0.1) is 24.1 Å². The van der Waals surface area contributed by atoms with Gasteiger partial charge in [-0.2, -0.15) is 5.26 Å². The van der Waals surface area contributed by atoms with Crippen LogP contribution in [0.4, 0.5) is 10.1 Å². The molecule has 156 valence electrons. The van der Waals surface area contributed by atoms with E-state index in [2.05, 4.69) is 16.1 Å². The smallest absolute Gasteiger partial charge is 0.145 e. The van der Waals surface area contributed by atoms with Crippen LogP contribution in [0.2, 0.25) is 0 Å². The zero-order valence-electron chi connectivity index (χ0n) is 17.3. The van der Waals surface area contributed by atoms with Crippen LogP contribution in [-0.4, -0.2) is 30.2 Å². The summed E-state index contributed by atoms with van der Waals surface area (Å²) in [5.74, 6) is 2.05. The molecule has 2 heterocycles. The second-order valence-corrected chi connectivity index (χ2v) is 7.23. The van der Waals surface area contributed by atoms with E-state index in [0.717, 1.165) is 35.7 Å². The summed E-state index contributed by atoms with van der Waals surface area (Å²) in [5, 5.41) is 9.32. The van der Waals surface area contributed by atoms with Crippen LogP contribution in [0.3, 0.4) is 0 Å². The van der Waals surface area contributed by atoms with Crippen molar-refractivity contribution in [1.82, 2.24) is 4.90 Å². The van der Waals surface area contributed by atoms with Crippen LogP contribution < -0.4 is 4.74 Å². The fourth-order valence-electron chi connectivity index (χ4n) is 3.36. The molecule has 31 heavy (non-hydrogen) atoms. The summed E-state index contributed by atoms with van der Waals surface area (Å²) in [5.41, 5.74) is 4.02. The number of aryl methyl sites for hydroxylation is 2. The maximum Gasteiger partial charge on any atom is 0.145 e. The Hall–Kier alpha value is -3.98. The van der Waals surface area contributed by atoms with Crippen LogP contribution in [0.25, 0.3) is 0 Å². The molecule has 2 aliphatic heterocycles. The Morgan fingerprint density at radius 1 is 1.06 bits per heavy atom. The molecule has 0 spiro atoms. The van der Waals surface area contributed by atoms with Gasteiger partial charge in [0.2, 0.25) is 0 Å². The molecule has 5 rings (SSSR count). The van der Waals surface area contributed by atoms with E-state index >= 15 is 0 Å². The number of halogens is 1. The maximum absolute atomic E-state index is 12.3. The zero-order valence-corrected chi connectivity index (χ0v) is 17.3. The number of hydrogen-bond donors (Lipinski definition) is 0. The second kappa shape index (κ2) is 8.80. The Kier molecular flexibility index (Phi) is 5.76. The molecular formula is C25H23FN4O. The molecule has 0 saturated heterocycles. The quantitative estimate of drug-likeness (QED) is 0.534. The molecule has 0 aromatic heterocycles. The number of nitrogens with zero attached hydrogens (tertiary/aromatic N) is 4. The minimum absolute atomic E-state index is 0. The topological polar surface area (TPSA) is 61.0 Å². The predicted molar refractivity (Wildman–Crippen MR) is 122 cm³/mol. The van der Waals surface area contributed by atoms with Crippen molar-refractivity contribution in [2.24, 2.45) is 9.98 Å².